The fourth-order valence-corrected chi connectivity index (χ4v) is 5.18. The van der Waals surface area contributed by atoms with E-state index in [0.717, 1.165) is 24.3 Å². The van der Waals surface area contributed by atoms with Crippen LogP contribution in [0.1, 0.15) is 30.0 Å². The van der Waals surface area contributed by atoms with E-state index in [1.54, 1.807) is 6.92 Å². The zero-order valence-electron chi connectivity index (χ0n) is 21.3. The number of halogens is 9. The molecule has 2 N–H and O–H groups in total. The second-order valence-corrected chi connectivity index (χ2v) is 11.3. The Morgan fingerprint density at radius 1 is 0.810 bits per heavy atom. The van der Waals surface area contributed by atoms with Crippen molar-refractivity contribution in [2.24, 2.45) is 0 Å². The third kappa shape index (κ3) is 7.21. The maximum Gasteiger partial charge on any atom is 0.419 e. The molecule has 0 aliphatic carbocycles. The lowest BCUT2D eigenvalue weighted by Crippen LogP contribution is -2.35. The van der Waals surface area contributed by atoms with Crippen molar-refractivity contribution in [2.75, 3.05) is 17.8 Å². The second-order valence-electron chi connectivity index (χ2n) is 9.58. The van der Waals surface area contributed by atoms with Crippen LogP contribution in [0.5, 0.6) is 17.2 Å². The molecule has 42 heavy (non-hydrogen) atoms. The normalized spacial score (nSPS) is 18.1. The van der Waals surface area contributed by atoms with E-state index >= 15 is 0 Å². The summed E-state index contributed by atoms with van der Waals surface area (Å²) in [6, 6.07) is 6.48. The lowest BCUT2D eigenvalue weighted by molar-refractivity contribution is -0.140. The molecule has 1 aliphatic rings. The van der Waals surface area contributed by atoms with Gasteiger partial charge in [-0.2, -0.15) is 39.5 Å². The summed E-state index contributed by atoms with van der Waals surface area (Å²) in [7, 11) is -4.76. The number of anilines is 1. The van der Waals surface area contributed by atoms with Crippen LogP contribution in [-0.4, -0.2) is 27.1 Å². The molecule has 0 saturated carbocycles. The van der Waals surface area contributed by atoms with Crippen LogP contribution in [0.15, 0.2) is 65.6 Å². The minimum atomic E-state index is -5.09. The monoisotopic (exact) mass is 628 g/mol. The summed E-state index contributed by atoms with van der Waals surface area (Å²) < 4.78 is 160. The van der Waals surface area contributed by atoms with Crippen molar-refractivity contribution in [3.8, 4) is 17.2 Å². The predicted octanol–water partition coefficient (Wildman–Crippen LogP) is 7.47. The molecule has 1 saturated heterocycles. The average Bonchev–Trinajstić information content (AvgIpc) is 3.28. The van der Waals surface area contributed by atoms with Crippen LogP contribution >= 0.6 is 0 Å². The number of ether oxygens (including phenoxy) is 2. The fourth-order valence-electron chi connectivity index (χ4n) is 4.12. The van der Waals surface area contributed by atoms with Crippen molar-refractivity contribution in [3.63, 3.8) is 0 Å². The highest BCUT2D eigenvalue weighted by Crippen LogP contribution is 2.42. The van der Waals surface area contributed by atoms with E-state index in [1.165, 1.54) is 0 Å². The van der Waals surface area contributed by atoms with Gasteiger partial charge in [-0.3, -0.25) is 4.72 Å². The number of hydrogen-bond acceptors (Lipinski definition) is 5. The molecular formula is C26H21F9N2O4S. The smallest absolute Gasteiger partial charge is 0.419 e. The first-order valence-corrected chi connectivity index (χ1v) is 13.5. The highest BCUT2D eigenvalue weighted by atomic mass is 32.2. The van der Waals surface area contributed by atoms with E-state index in [4.69, 9.17) is 9.47 Å². The van der Waals surface area contributed by atoms with Crippen molar-refractivity contribution >= 4 is 15.7 Å². The van der Waals surface area contributed by atoms with Crippen molar-refractivity contribution in [2.45, 2.75) is 42.4 Å². The third-order valence-electron chi connectivity index (χ3n) is 6.18. The van der Waals surface area contributed by atoms with E-state index in [9.17, 15) is 47.9 Å². The maximum atomic E-state index is 13.6. The fraction of sp³-hybridized carbons (Fsp3) is 0.308. The van der Waals surface area contributed by atoms with Gasteiger partial charge < -0.3 is 14.8 Å². The molecule has 4 rings (SSSR count). The molecule has 0 bridgehead atoms. The third-order valence-corrected chi connectivity index (χ3v) is 7.56. The summed E-state index contributed by atoms with van der Waals surface area (Å²) in [5.74, 6) is -2.45. The molecule has 0 amide bonds. The van der Waals surface area contributed by atoms with Gasteiger partial charge in [-0.1, -0.05) is 6.07 Å². The zero-order chi connectivity index (χ0) is 31.1. The Hall–Kier alpha value is -3.66. The van der Waals surface area contributed by atoms with Crippen LogP contribution in [0.25, 0.3) is 0 Å². The molecule has 3 aromatic rings. The van der Waals surface area contributed by atoms with Gasteiger partial charge in [-0.05, 0) is 55.9 Å². The molecule has 0 unspecified atom stereocenters. The van der Waals surface area contributed by atoms with Gasteiger partial charge in [0.1, 0.15) is 22.8 Å². The van der Waals surface area contributed by atoms with E-state index in [-0.39, 0.29) is 6.54 Å². The summed E-state index contributed by atoms with van der Waals surface area (Å²) in [6.07, 6.45) is -14.4. The number of sulfonamides is 1. The summed E-state index contributed by atoms with van der Waals surface area (Å²) in [4.78, 5) is -0.813. The van der Waals surface area contributed by atoms with E-state index in [2.05, 4.69) is 5.32 Å². The van der Waals surface area contributed by atoms with Crippen LogP contribution < -0.4 is 19.5 Å². The zero-order valence-corrected chi connectivity index (χ0v) is 22.2. The second kappa shape index (κ2) is 10.9. The Morgan fingerprint density at radius 3 is 2.05 bits per heavy atom. The molecule has 0 aromatic heterocycles. The molecule has 0 spiro atoms. The number of alkyl halides is 9. The molecule has 1 fully saturated rings. The maximum absolute atomic E-state index is 13.6. The predicted molar refractivity (Wildman–Crippen MR) is 132 cm³/mol. The molecular weight excluding hydrogens is 607 g/mol. The van der Waals surface area contributed by atoms with Gasteiger partial charge in [0.05, 0.1) is 27.3 Å². The van der Waals surface area contributed by atoms with Crippen molar-refractivity contribution < 1.29 is 57.4 Å². The van der Waals surface area contributed by atoms with Gasteiger partial charge in [0.2, 0.25) is 0 Å². The molecule has 1 heterocycles. The van der Waals surface area contributed by atoms with Gasteiger partial charge in [0.25, 0.3) is 10.0 Å². The molecule has 16 heteroatoms. The quantitative estimate of drug-likeness (QED) is 0.266. The van der Waals surface area contributed by atoms with Crippen LogP contribution in [-0.2, 0) is 28.6 Å². The lowest BCUT2D eigenvalue weighted by Gasteiger charge is -2.27. The number of rotatable bonds is 7. The topological polar surface area (TPSA) is 76.7 Å². The van der Waals surface area contributed by atoms with Gasteiger partial charge in [0.15, 0.2) is 0 Å². The summed E-state index contributed by atoms with van der Waals surface area (Å²) in [5.41, 5.74) is -5.30. The Kier molecular flexibility index (Phi) is 8.10. The van der Waals surface area contributed by atoms with E-state index in [1.807, 2.05) is 4.72 Å². The molecule has 3 aromatic carbocycles. The SMILES string of the molecule is C[C@@]1(Oc2cc(NS(=O)(=O)c3ccc(C(F)(F)F)c(Oc4cccc(C(F)(F)F)c4)c3)ccc2C(F)(F)F)CCNC1. The van der Waals surface area contributed by atoms with Crippen LogP contribution in [0.4, 0.5) is 45.2 Å². The Labute approximate surface area is 233 Å². The minimum Gasteiger partial charge on any atom is -0.485 e. The summed E-state index contributed by atoms with van der Waals surface area (Å²) >= 11 is 0. The van der Waals surface area contributed by atoms with Crippen molar-refractivity contribution in [3.05, 3.63) is 77.4 Å². The van der Waals surface area contributed by atoms with E-state index in [0.29, 0.717) is 49.4 Å². The minimum absolute atomic E-state index is 0.223. The molecule has 1 atom stereocenters. The summed E-state index contributed by atoms with van der Waals surface area (Å²) in [6.45, 7) is 2.27. The van der Waals surface area contributed by atoms with Gasteiger partial charge >= 0.3 is 18.5 Å². The standard InChI is InChI=1S/C26H21F9N2O4S/c1-23(9-10-36-14-23)41-22-12-16(5-7-20(22)26(33,34)35)37-42(38,39)18-6-8-19(25(30,31)32)21(13-18)40-17-4-2-3-15(11-17)24(27,28)29/h2-8,11-13,36-37H,9-10,14H2,1H3/t23-/m1/s1. The molecule has 228 valence electrons. The number of hydrogen-bond donors (Lipinski definition) is 2. The lowest BCUT2D eigenvalue weighted by atomic mass is 10.1. The van der Waals surface area contributed by atoms with Crippen LogP contribution in [0.3, 0.4) is 0 Å². The Morgan fingerprint density at radius 2 is 1.45 bits per heavy atom. The summed E-state index contributed by atoms with van der Waals surface area (Å²) in [5, 5.41) is 2.95. The van der Waals surface area contributed by atoms with Crippen molar-refractivity contribution in [1.29, 1.82) is 0 Å². The van der Waals surface area contributed by atoms with Crippen LogP contribution in [0.2, 0.25) is 0 Å². The number of benzene rings is 3. The highest BCUT2D eigenvalue weighted by Gasteiger charge is 2.39. The highest BCUT2D eigenvalue weighted by molar-refractivity contribution is 7.92. The van der Waals surface area contributed by atoms with Crippen molar-refractivity contribution in [1.82, 2.24) is 5.32 Å². The van der Waals surface area contributed by atoms with E-state index < -0.39 is 78.7 Å². The van der Waals surface area contributed by atoms with Crippen LogP contribution in [0, 0.1) is 0 Å². The first-order valence-electron chi connectivity index (χ1n) is 12.0. The Balaban J connectivity index is 1.69. The molecule has 6 nitrogen and oxygen atoms in total. The average molecular weight is 629 g/mol. The first kappa shape index (κ1) is 31.3. The van der Waals surface area contributed by atoms with Gasteiger partial charge in [-0.25, -0.2) is 8.42 Å². The first-order chi connectivity index (χ1) is 19.3. The largest absolute Gasteiger partial charge is 0.485 e. The van der Waals surface area contributed by atoms with Gasteiger partial charge in [-0.15, -0.1) is 0 Å². The molecule has 0 radical (unpaired) electrons. The van der Waals surface area contributed by atoms with Gasteiger partial charge in [0, 0.05) is 25.1 Å². The molecule has 1 aliphatic heterocycles. The number of nitrogens with one attached hydrogen (secondary N) is 2. The Bertz CT molecular complexity index is 1560.